The number of thiophene rings is 1. The minimum Gasteiger partial charge on any atom is -0.339 e. The molecule has 0 aliphatic rings. The minimum absolute atomic E-state index is 0.261. The number of hydrogen-bond donors (Lipinski definition) is 2. The lowest BCUT2D eigenvalue weighted by Gasteiger charge is -2.17. The third-order valence-electron chi connectivity index (χ3n) is 3.65. The number of carbonyl (C=O) groups excluding carboxylic acids is 2. The highest BCUT2D eigenvalue weighted by atomic mass is 32.1. The summed E-state index contributed by atoms with van der Waals surface area (Å²) in [6.45, 7) is 1.98. The first-order valence-corrected chi connectivity index (χ1v) is 9.87. The zero-order chi connectivity index (χ0) is 18.4. The molecule has 134 valence electrons. The molecule has 8 heteroatoms. The second-order valence-corrected chi connectivity index (χ2v) is 7.55. The molecule has 0 aliphatic carbocycles. The van der Waals surface area contributed by atoms with E-state index in [-0.39, 0.29) is 11.8 Å². The zero-order valence-electron chi connectivity index (χ0n) is 14.1. The number of nitrogens with zero attached hydrogens (tertiary/aromatic N) is 2. The number of amides is 2. The molecule has 0 saturated carbocycles. The first-order valence-electron chi connectivity index (χ1n) is 8.17. The maximum absolute atomic E-state index is 12.7. The van der Waals surface area contributed by atoms with Gasteiger partial charge in [0.15, 0.2) is 0 Å². The molecule has 0 radical (unpaired) electrons. The van der Waals surface area contributed by atoms with Gasteiger partial charge in [0.1, 0.15) is 11.0 Å². The molecule has 1 unspecified atom stereocenters. The quantitative estimate of drug-likeness (QED) is 0.653. The molecule has 3 rings (SSSR count). The van der Waals surface area contributed by atoms with Crippen molar-refractivity contribution in [2.45, 2.75) is 25.8 Å². The molecule has 2 N–H and O–H groups in total. The molecule has 0 saturated heterocycles. The van der Waals surface area contributed by atoms with E-state index < -0.39 is 6.04 Å². The lowest BCUT2D eigenvalue weighted by atomic mass is 10.1. The second kappa shape index (κ2) is 8.68. The van der Waals surface area contributed by atoms with E-state index in [1.54, 1.807) is 12.1 Å². The monoisotopic (exact) mass is 386 g/mol. The lowest BCUT2D eigenvalue weighted by Crippen LogP contribution is -2.45. The highest BCUT2D eigenvalue weighted by molar-refractivity contribution is 7.15. The highest BCUT2D eigenvalue weighted by Crippen LogP contribution is 2.16. The molecule has 3 aromatic rings. The van der Waals surface area contributed by atoms with E-state index in [4.69, 9.17) is 0 Å². The molecular weight excluding hydrogens is 368 g/mol. The summed E-state index contributed by atoms with van der Waals surface area (Å²) in [6, 6.07) is 12.4. The summed E-state index contributed by atoms with van der Waals surface area (Å²) in [7, 11) is 0. The van der Waals surface area contributed by atoms with E-state index in [0.29, 0.717) is 16.4 Å². The van der Waals surface area contributed by atoms with Crippen LogP contribution in [0.5, 0.6) is 0 Å². The van der Waals surface area contributed by atoms with Crippen LogP contribution in [0.3, 0.4) is 0 Å². The Morgan fingerprint density at radius 1 is 1.12 bits per heavy atom. The first kappa shape index (κ1) is 18.2. The number of nitrogens with one attached hydrogen (secondary N) is 2. The van der Waals surface area contributed by atoms with Crippen LogP contribution in [0.4, 0.5) is 5.13 Å². The van der Waals surface area contributed by atoms with Crippen LogP contribution < -0.4 is 10.6 Å². The van der Waals surface area contributed by atoms with Crippen LogP contribution in [0, 0.1) is 0 Å². The van der Waals surface area contributed by atoms with E-state index in [1.807, 2.05) is 42.6 Å². The Morgan fingerprint density at radius 3 is 2.58 bits per heavy atom. The smallest absolute Gasteiger partial charge is 0.262 e. The Balaban J connectivity index is 1.74. The summed E-state index contributed by atoms with van der Waals surface area (Å²) >= 11 is 2.67. The van der Waals surface area contributed by atoms with Crippen molar-refractivity contribution in [3.05, 3.63) is 63.3 Å². The number of hydrogen-bond acceptors (Lipinski definition) is 6. The predicted octanol–water partition coefficient (Wildman–Crippen LogP) is 3.14. The fraction of sp³-hybridized carbons (Fsp3) is 0.222. The van der Waals surface area contributed by atoms with Crippen molar-refractivity contribution in [2.24, 2.45) is 0 Å². The zero-order valence-corrected chi connectivity index (χ0v) is 15.8. The Kier molecular flexibility index (Phi) is 6.08. The fourth-order valence-corrected chi connectivity index (χ4v) is 3.64. The highest BCUT2D eigenvalue weighted by Gasteiger charge is 2.23. The topological polar surface area (TPSA) is 84.0 Å². The van der Waals surface area contributed by atoms with Gasteiger partial charge in [-0.15, -0.1) is 21.5 Å². The van der Waals surface area contributed by atoms with E-state index in [0.717, 1.165) is 17.0 Å². The normalized spacial score (nSPS) is 11.7. The maximum Gasteiger partial charge on any atom is 0.262 e. The number of aryl methyl sites for hydroxylation is 1. The number of rotatable bonds is 7. The van der Waals surface area contributed by atoms with Crippen LogP contribution in [0.2, 0.25) is 0 Å². The Labute approximate surface area is 159 Å². The molecule has 0 fully saturated rings. The van der Waals surface area contributed by atoms with Crippen LogP contribution >= 0.6 is 22.7 Å². The SMILES string of the molecule is CCc1nnc(NC(=O)C(Cc2ccccc2)NC(=O)c2cccs2)s1. The molecule has 1 atom stereocenters. The van der Waals surface area contributed by atoms with E-state index >= 15 is 0 Å². The van der Waals surface area contributed by atoms with Crippen molar-refractivity contribution in [3.8, 4) is 0 Å². The van der Waals surface area contributed by atoms with Gasteiger partial charge in [-0.25, -0.2) is 0 Å². The van der Waals surface area contributed by atoms with Crippen molar-refractivity contribution >= 4 is 39.6 Å². The average molecular weight is 387 g/mol. The molecule has 0 bridgehead atoms. The van der Waals surface area contributed by atoms with Crippen LogP contribution in [0.1, 0.15) is 27.2 Å². The van der Waals surface area contributed by atoms with Gasteiger partial charge in [-0.05, 0) is 23.4 Å². The molecule has 26 heavy (non-hydrogen) atoms. The van der Waals surface area contributed by atoms with Crippen LogP contribution in [-0.4, -0.2) is 28.1 Å². The summed E-state index contributed by atoms with van der Waals surface area (Å²) < 4.78 is 0. The lowest BCUT2D eigenvalue weighted by molar-refractivity contribution is -0.118. The van der Waals surface area contributed by atoms with Gasteiger partial charge in [-0.3, -0.25) is 14.9 Å². The van der Waals surface area contributed by atoms with Gasteiger partial charge in [-0.2, -0.15) is 0 Å². The standard InChI is InChI=1S/C18H18N4O2S2/c1-2-15-21-22-18(26-15)20-16(23)13(11-12-7-4-3-5-8-12)19-17(24)14-9-6-10-25-14/h3-10,13H,2,11H2,1H3,(H,19,24)(H,20,22,23). The Bertz CT molecular complexity index is 862. The Hall–Kier alpha value is -2.58. The molecular formula is C18H18N4O2S2. The van der Waals surface area contributed by atoms with Gasteiger partial charge in [0.05, 0.1) is 4.88 Å². The van der Waals surface area contributed by atoms with E-state index in [2.05, 4.69) is 20.8 Å². The third kappa shape index (κ3) is 4.74. The van der Waals surface area contributed by atoms with Crippen molar-refractivity contribution in [1.82, 2.24) is 15.5 Å². The number of benzene rings is 1. The fourth-order valence-electron chi connectivity index (χ4n) is 2.34. The van der Waals surface area contributed by atoms with Gasteiger partial charge in [0, 0.05) is 6.42 Å². The van der Waals surface area contributed by atoms with Crippen molar-refractivity contribution in [1.29, 1.82) is 0 Å². The van der Waals surface area contributed by atoms with Crippen LogP contribution in [-0.2, 0) is 17.6 Å². The van der Waals surface area contributed by atoms with Crippen molar-refractivity contribution < 1.29 is 9.59 Å². The summed E-state index contributed by atoms with van der Waals surface area (Å²) in [5.74, 6) is -0.569. The number of carbonyl (C=O) groups is 2. The number of anilines is 1. The van der Waals surface area contributed by atoms with Gasteiger partial charge in [-0.1, -0.05) is 54.7 Å². The average Bonchev–Trinajstić information content (AvgIpc) is 3.34. The molecule has 0 aliphatic heterocycles. The second-order valence-electron chi connectivity index (χ2n) is 5.54. The summed E-state index contributed by atoms with van der Waals surface area (Å²) in [5, 5.41) is 16.7. The first-order chi connectivity index (χ1) is 12.7. The van der Waals surface area contributed by atoms with Crippen LogP contribution in [0.25, 0.3) is 0 Å². The predicted molar refractivity (Wildman–Crippen MR) is 104 cm³/mol. The van der Waals surface area contributed by atoms with Gasteiger partial charge in [0.2, 0.25) is 11.0 Å². The maximum atomic E-state index is 12.7. The number of aromatic nitrogens is 2. The molecule has 2 aromatic heterocycles. The molecule has 1 aromatic carbocycles. The van der Waals surface area contributed by atoms with Gasteiger partial charge < -0.3 is 5.32 Å². The van der Waals surface area contributed by atoms with Gasteiger partial charge in [0.25, 0.3) is 5.91 Å². The largest absolute Gasteiger partial charge is 0.339 e. The molecule has 0 spiro atoms. The van der Waals surface area contributed by atoms with Gasteiger partial charge >= 0.3 is 0 Å². The summed E-state index contributed by atoms with van der Waals surface area (Å²) in [4.78, 5) is 25.7. The summed E-state index contributed by atoms with van der Waals surface area (Å²) in [5.41, 5.74) is 0.964. The molecule has 2 heterocycles. The third-order valence-corrected chi connectivity index (χ3v) is 5.50. The molecule has 6 nitrogen and oxygen atoms in total. The van der Waals surface area contributed by atoms with Crippen molar-refractivity contribution in [3.63, 3.8) is 0 Å². The minimum atomic E-state index is -0.707. The summed E-state index contributed by atoms with van der Waals surface area (Å²) in [6.07, 6.45) is 1.15. The van der Waals surface area contributed by atoms with E-state index in [9.17, 15) is 9.59 Å². The Morgan fingerprint density at radius 2 is 1.92 bits per heavy atom. The molecule has 2 amide bonds. The van der Waals surface area contributed by atoms with Crippen LogP contribution in [0.15, 0.2) is 47.8 Å². The van der Waals surface area contributed by atoms with Crippen molar-refractivity contribution in [2.75, 3.05) is 5.32 Å². The van der Waals surface area contributed by atoms with E-state index in [1.165, 1.54) is 22.7 Å².